The van der Waals surface area contributed by atoms with Crippen LogP contribution < -0.4 is 4.74 Å². The van der Waals surface area contributed by atoms with E-state index in [0.717, 1.165) is 30.8 Å². The topological polar surface area (TPSA) is 93.2 Å². The van der Waals surface area contributed by atoms with Crippen LogP contribution in [-0.4, -0.2) is 57.7 Å². The van der Waals surface area contributed by atoms with Gasteiger partial charge in [-0.3, -0.25) is 4.79 Å². The fourth-order valence-corrected chi connectivity index (χ4v) is 2.97. The minimum Gasteiger partial charge on any atom is -0.493 e. The molecular formula is C15H17N5O3. The molecule has 1 saturated heterocycles. The van der Waals surface area contributed by atoms with Crippen molar-refractivity contribution >= 4 is 5.91 Å². The average Bonchev–Trinajstić information content (AvgIpc) is 3.15. The summed E-state index contributed by atoms with van der Waals surface area (Å²) >= 11 is 0. The van der Waals surface area contributed by atoms with Crippen LogP contribution in [0.2, 0.25) is 0 Å². The van der Waals surface area contributed by atoms with Gasteiger partial charge in [-0.05, 0) is 36.6 Å². The van der Waals surface area contributed by atoms with Crippen molar-refractivity contribution in [1.82, 2.24) is 25.5 Å². The molecule has 0 saturated carbocycles. The van der Waals surface area contributed by atoms with Gasteiger partial charge in [0, 0.05) is 12.1 Å². The van der Waals surface area contributed by atoms with Crippen molar-refractivity contribution in [3.05, 3.63) is 35.2 Å². The van der Waals surface area contributed by atoms with Crippen LogP contribution in [0.5, 0.6) is 5.75 Å². The predicted octanol–water partition coefficient (Wildman–Crippen LogP) is 0.738. The molecule has 1 aromatic heterocycles. The van der Waals surface area contributed by atoms with Gasteiger partial charge in [0.1, 0.15) is 11.9 Å². The number of aryl methyl sites for hydroxylation is 1. The Kier molecular flexibility index (Phi) is 3.66. The maximum absolute atomic E-state index is 12.8. The Hall–Kier alpha value is -2.48. The highest BCUT2D eigenvalue weighted by molar-refractivity contribution is 5.94. The van der Waals surface area contributed by atoms with E-state index < -0.39 is 0 Å². The second kappa shape index (κ2) is 5.96. The molecule has 23 heavy (non-hydrogen) atoms. The SMILES string of the molecule is O=C(c1ccc2c(c1)CCCO2)N1CCOC(c2nn[nH]n2)C1. The first-order valence-electron chi connectivity index (χ1n) is 7.71. The summed E-state index contributed by atoms with van der Waals surface area (Å²) in [5.74, 6) is 1.36. The van der Waals surface area contributed by atoms with Gasteiger partial charge >= 0.3 is 0 Å². The quantitative estimate of drug-likeness (QED) is 0.878. The first kappa shape index (κ1) is 14.1. The number of tetrazole rings is 1. The number of fused-ring (bicyclic) bond motifs is 1. The van der Waals surface area contributed by atoms with Crippen LogP contribution in [0.25, 0.3) is 0 Å². The van der Waals surface area contributed by atoms with E-state index in [4.69, 9.17) is 9.47 Å². The van der Waals surface area contributed by atoms with Crippen molar-refractivity contribution in [3.63, 3.8) is 0 Å². The maximum atomic E-state index is 12.8. The number of rotatable bonds is 2. The van der Waals surface area contributed by atoms with Crippen LogP contribution in [0.15, 0.2) is 18.2 Å². The smallest absolute Gasteiger partial charge is 0.254 e. The summed E-state index contributed by atoms with van der Waals surface area (Å²) in [5.41, 5.74) is 1.79. The zero-order chi connectivity index (χ0) is 15.6. The van der Waals surface area contributed by atoms with E-state index in [-0.39, 0.29) is 12.0 Å². The molecule has 1 amide bonds. The van der Waals surface area contributed by atoms with Crippen molar-refractivity contribution in [3.8, 4) is 5.75 Å². The molecule has 0 spiro atoms. The first-order chi connectivity index (χ1) is 11.3. The Morgan fingerprint density at radius 2 is 2.30 bits per heavy atom. The molecule has 1 unspecified atom stereocenters. The van der Waals surface area contributed by atoms with Crippen LogP contribution >= 0.6 is 0 Å². The molecule has 0 aliphatic carbocycles. The number of amides is 1. The van der Waals surface area contributed by atoms with Crippen LogP contribution in [0.3, 0.4) is 0 Å². The molecular weight excluding hydrogens is 298 g/mol. The second-order valence-electron chi connectivity index (χ2n) is 5.66. The summed E-state index contributed by atoms with van der Waals surface area (Å²) in [7, 11) is 0. The molecule has 1 fully saturated rings. The van der Waals surface area contributed by atoms with Gasteiger partial charge in [0.15, 0.2) is 0 Å². The Bertz CT molecular complexity index is 703. The van der Waals surface area contributed by atoms with Gasteiger partial charge in [0.2, 0.25) is 5.82 Å². The standard InChI is InChI=1S/C15H17N5O3/c21-15(11-3-4-12-10(8-11)2-1-6-22-12)20-5-7-23-13(9-20)14-16-18-19-17-14/h3-4,8,13H,1-2,5-7,9H2,(H,16,17,18,19). The summed E-state index contributed by atoms with van der Waals surface area (Å²) < 4.78 is 11.2. The number of ether oxygens (including phenoxy) is 2. The van der Waals surface area contributed by atoms with Crippen LogP contribution in [-0.2, 0) is 11.2 Å². The third-order valence-corrected chi connectivity index (χ3v) is 4.16. The molecule has 1 aromatic carbocycles. The number of benzene rings is 1. The summed E-state index contributed by atoms with van der Waals surface area (Å²) in [4.78, 5) is 14.5. The first-order valence-corrected chi connectivity index (χ1v) is 7.71. The molecule has 8 heteroatoms. The number of H-pyrrole nitrogens is 1. The summed E-state index contributed by atoms with van der Waals surface area (Å²) in [6, 6.07) is 5.65. The lowest BCUT2D eigenvalue weighted by atomic mass is 10.0. The molecule has 4 rings (SSSR count). The lowest BCUT2D eigenvalue weighted by molar-refractivity contribution is -0.0268. The second-order valence-corrected chi connectivity index (χ2v) is 5.66. The lowest BCUT2D eigenvalue weighted by Crippen LogP contribution is -2.42. The molecule has 2 aromatic rings. The van der Waals surface area contributed by atoms with E-state index in [2.05, 4.69) is 20.6 Å². The molecule has 1 N–H and O–H groups in total. The molecule has 120 valence electrons. The molecule has 2 aliphatic heterocycles. The minimum absolute atomic E-state index is 0.00447. The van der Waals surface area contributed by atoms with Crippen LogP contribution in [0.4, 0.5) is 0 Å². The maximum Gasteiger partial charge on any atom is 0.254 e. The highest BCUT2D eigenvalue weighted by Crippen LogP contribution is 2.27. The number of aromatic nitrogens is 4. The van der Waals surface area contributed by atoms with E-state index in [0.29, 0.717) is 31.1 Å². The lowest BCUT2D eigenvalue weighted by Gasteiger charge is -2.31. The number of nitrogens with zero attached hydrogens (tertiary/aromatic N) is 4. The average molecular weight is 315 g/mol. The number of morpholine rings is 1. The van der Waals surface area contributed by atoms with Crippen LogP contribution in [0, 0.1) is 0 Å². The third kappa shape index (κ3) is 2.77. The zero-order valence-corrected chi connectivity index (χ0v) is 12.6. The summed E-state index contributed by atoms with van der Waals surface area (Å²) in [6.07, 6.45) is 1.60. The predicted molar refractivity (Wildman–Crippen MR) is 79.0 cm³/mol. The zero-order valence-electron chi connectivity index (χ0n) is 12.6. The van der Waals surface area contributed by atoms with Gasteiger partial charge in [0.05, 0.1) is 19.8 Å². The van der Waals surface area contributed by atoms with Gasteiger partial charge in [-0.2, -0.15) is 5.21 Å². The molecule has 2 aliphatic rings. The summed E-state index contributed by atoms with van der Waals surface area (Å²) in [6.45, 7) is 2.18. The van der Waals surface area contributed by atoms with Crippen molar-refractivity contribution in [2.45, 2.75) is 18.9 Å². The molecule has 0 radical (unpaired) electrons. The molecule has 0 bridgehead atoms. The van der Waals surface area contributed by atoms with Gasteiger partial charge in [-0.15, -0.1) is 10.2 Å². The van der Waals surface area contributed by atoms with E-state index in [1.54, 1.807) is 4.90 Å². The monoisotopic (exact) mass is 315 g/mol. The number of nitrogens with one attached hydrogen (secondary N) is 1. The van der Waals surface area contributed by atoms with Gasteiger partial charge < -0.3 is 14.4 Å². The molecule has 3 heterocycles. The third-order valence-electron chi connectivity index (χ3n) is 4.16. The van der Waals surface area contributed by atoms with Crippen molar-refractivity contribution < 1.29 is 14.3 Å². The van der Waals surface area contributed by atoms with Crippen molar-refractivity contribution in [2.75, 3.05) is 26.3 Å². The summed E-state index contributed by atoms with van der Waals surface area (Å²) in [5, 5.41) is 13.8. The number of carbonyl (C=O) groups is 1. The highest BCUT2D eigenvalue weighted by Gasteiger charge is 2.29. The molecule has 1 atom stereocenters. The van der Waals surface area contributed by atoms with E-state index in [9.17, 15) is 4.79 Å². The normalized spacial score (nSPS) is 20.7. The minimum atomic E-state index is -0.340. The van der Waals surface area contributed by atoms with Gasteiger partial charge in [-0.25, -0.2) is 0 Å². The number of hydrogen-bond donors (Lipinski definition) is 1. The number of carbonyl (C=O) groups excluding carboxylic acids is 1. The highest BCUT2D eigenvalue weighted by atomic mass is 16.5. The fourth-order valence-electron chi connectivity index (χ4n) is 2.97. The molecule has 8 nitrogen and oxygen atoms in total. The van der Waals surface area contributed by atoms with E-state index in [1.807, 2.05) is 18.2 Å². The number of aromatic amines is 1. The van der Waals surface area contributed by atoms with Gasteiger partial charge in [0.25, 0.3) is 5.91 Å². The van der Waals surface area contributed by atoms with Crippen molar-refractivity contribution in [2.24, 2.45) is 0 Å². The Morgan fingerprint density at radius 3 is 3.17 bits per heavy atom. The van der Waals surface area contributed by atoms with E-state index in [1.165, 1.54) is 0 Å². The Balaban J connectivity index is 1.52. The van der Waals surface area contributed by atoms with Crippen LogP contribution in [0.1, 0.15) is 34.3 Å². The fraction of sp³-hybridized carbons (Fsp3) is 0.467. The number of hydrogen-bond acceptors (Lipinski definition) is 6. The largest absolute Gasteiger partial charge is 0.493 e. The Morgan fingerprint density at radius 1 is 1.35 bits per heavy atom. The Labute approximate surface area is 132 Å². The van der Waals surface area contributed by atoms with E-state index >= 15 is 0 Å². The van der Waals surface area contributed by atoms with Crippen molar-refractivity contribution in [1.29, 1.82) is 0 Å². The van der Waals surface area contributed by atoms with Gasteiger partial charge in [-0.1, -0.05) is 5.21 Å².